The number of benzene rings is 2. The van der Waals surface area contributed by atoms with Crippen LogP contribution in [0.5, 0.6) is 0 Å². The third kappa shape index (κ3) is 4.91. The van der Waals surface area contributed by atoms with Gasteiger partial charge in [0, 0.05) is 23.4 Å². The Morgan fingerprint density at radius 3 is 2.30 bits per heavy atom. The Kier molecular flexibility index (Phi) is 5.85. The first-order chi connectivity index (χ1) is 12.9. The number of hydrogen-bond acceptors (Lipinski definition) is 4. The average molecular weight is 390 g/mol. The maximum absolute atomic E-state index is 13.1. The van der Waals surface area contributed by atoms with Crippen molar-refractivity contribution in [3.05, 3.63) is 59.7 Å². The van der Waals surface area contributed by atoms with Gasteiger partial charge in [-0.1, -0.05) is 12.1 Å². The van der Waals surface area contributed by atoms with E-state index in [1.165, 1.54) is 11.0 Å². The molecule has 0 saturated carbocycles. The van der Waals surface area contributed by atoms with Gasteiger partial charge < -0.3 is 5.32 Å². The Hall–Kier alpha value is -2.74. The van der Waals surface area contributed by atoms with E-state index < -0.39 is 11.6 Å². The number of thioether (sulfide) groups is 1. The van der Waals surface area contributed by atoms with E-state index in [1.807, 2.05) is 0 Å². The molecule has 0 aromatic heterocycles. The maximum Gasteiger partial charge on any atom is 0.234 e. The minimum absolute atomic E-state index is 0.0452. The molecule has 0 radical (unpaired) electrons. The van der Waals surface area contributed by atoms with Crippen LogP contribution in [0.25, 0.3) is 0 Å². The van der Waals surface area contributed by atoms with E-state index >= 15 is 0 Å². The fourth-order valence-electron chi connectivity index (χ4n) is 2.59. The SMILES string of the molecule is O=C(CSc1ccc(F)c(F)c1)Nc1ccc(CN2C(=O)CCC2=O)cc1. The van der Waals surface area contributed by atoms with Crippen LogP contribution >= 0.6 is 11.8 Å². The molecule has 140 valence electrons. The molecule has 1 aliphatic heterocycles. The summed E-state index contributed by atoms with van der Waals surface area (Å²) in [6.07, 6.45) is 0.505. The summed E-state index contributed by atoms with van der Waals surface area (Å²) in [4.78, 5) is 36.9. The van der Waals surface area contributed by atoms with Crippen molar-refractivity contribution in [2.75, 3.05) is 11.1 Å². The van der Waals surface area contributed by atoms with Crippen LogP contribution in [0.4, 0.5) is 14.5 Å². The van der Waals surface area contributed by atoms with Crippen molar-refractivity contribution < 1.29 is 23.2 Å². The predicted octanol–water partition coefficient (Wildman–Crippen LogP) is 3.34. The van der Waals surface area contributed by atoms with Crippen LogP contribution in [-0.4, -0.2) is 28.4 Å². The molecular formula is C19H16F2N2O3S. The molecule has 1 saturated heterocycles. The third-order valence-corrected chi connectivity index (χ3v) is 4.99. The second-order valence-corrected chi connectivity index (χ2v) is 7.03. The molecule has 0 unspecified atom stereocenters. The molecule has 0 bridgehead atoms. The van der Waals surface area contributed by atoms with Gasteiger partial charge in [-0.2, -0.15) is 0 Å². The first-order valence-corrected chi connectivity index (χ1v) is 9.21. The van der Waals surface area contributed by atoms with Crippen LogP contribution in [-0.2, 0) is 20.9 Å². The number of hydrogen-bond donors (Lipinski definition) is 1. The number of carbonyl (C=O) groups excluding carboxylic acids is 3. The van der Waals surface area contributed by atoms with Gasteiger partial charge in [0.2, 0.25) is 17.7 Å². The number of nitrogens with zero attached hydrogens (tertiary/aromatic N) is 1. The minimum Gasteiger partial charge on any atom is -0.325 e. The zero-order chi connectivity index (χ0) is 19.4. The summed E-state index contributed by atoms with van der Waals surface area (Å²) < 4.78 is 26.0. The van der Waals surface area contributed by atoms with Crippen molar-refractivity contribution in [3.63, 3.8) is 0 Å². The van der Waals surface area contributed by atoms with E-state index in [9.17, 15) is 23.2 Å². The van der Waals surface area contributed by atoms with Gasteiger partial charge in [-0.25, -0.2) is 8.78 Å². The van der Waals surface area contributed by atoms with E-state index in [1.54, 1.807) is 24.3 Å². The van der Waals surface area contributed by atoms with Crippen LogP contribution in [0.15, 0.2) is 47.4 Å². The topological polar surface area (TPSA) is 66.5 Å². The van der Waals surface area contributed by atoms with E-state index in [0.717, 1.165) is 29.5 Å². The molecule has 27 heavy (non-hydrogen) atoms. The molecule has 3 amide bonds. The molecule has 0 aliphatic carbocycles. The first kappa shape index (κ1) is 19.0. The quantitative estimate of drug-likeness (QED) is 0.607. The number of carbonyl (C=O) groups is 3. The lowest BCUT2D eigenvalue weighted by Crippen LogP contribution is -2.28. The smallest absolute Gasteiger partial charge is 0.234 e. The Bertz CT molecular complexity index is 871. The molecule has 8 heteroatoms. The van der Waals surface area contributed by atoms with E-state index in [-0.39, 0.29) is 42.9 Å². The molecular weight excluding hydrogens is 374 g/mol. The van der Waals surface area contributed by atoms with Crippen LogP contribution < -0.4 is 5.32 Å². The highest BCUT2D eigenvalue weighted by Gasteiger charge is 2.28. The van der Waals surface area contributed by atoms with Crippen molar-refractivity contribution in [2.24, 2.45) is 0 Å². The highest BCUT2D eigenvalue weighted by molar-refractivity contribution is 8.00. The van der Waals surface area contributed by atoms with Crippen molar-refractivity contribution in [1.29, 1.82) is 0 Å². The van der Waals surface area contributed by atoms with Crippen molar-refractivity contribution in [3.8, 4) is 0 Å². The standard InChI is InChI=1S/C19H16F2N2O3S/c20-15-6-5-14(9-16(15)21)27-11-17(24)22-13-3-1-12(2-4-13)10-23-18(25)7-8-19(23)26/h1-6,9H,7-8,10-11H2,(H,22,24). The monoisotopic (exact) mass is 390 g/mol. The average Bonchev–Trinajstić information content (AvgIpc) is 2.96. The summed E-state index contributed by atoms with van der Waals surface area (Å²) in [5.41, 5.74) is 1.35. The van der Waals surface area contributed by atoms with E-state index in [2.05, 4.69) is 5.32 Å². The molecule has 1 fully saturated rings. The zero-order valence-corrected chi connectivity index (χ0v) is 15.0. The second kappa shape index (κ2) is 8.30. The lowest BCUT2D eigenvalue weighted by Gasteiger charge is -2.14. The van der Waals surface area contributed by atoms with Gasteiger partial charge in [0.05, 0.1) is 12.3 Å². The summed E-state index contributed by atoms with van der Waals surface area (Å²) in [5.74, 6) is -2.48. The molecule has 2 aromatic rings. The van der Waals surface area contributed by atoms with Gasteiger partial charge in [-0.05, 0) is 35.9 Å². The van der Waals surface area contributed by atoms with Crippen molar-refractivity contribution >= 4 is 35.2 Å². The number of halogens is 2. The third-order valence-electron chi connectivity index (χ3n) is 3.99. The summed E-state index contributed by atoms with van der Waals surface area (Å²) in [7, 11) is 0. The molecule has 0 atom stereocenters. The molecule has 1 heterocycles. The van der Waals surface area contributed by atoms with Crippen LogP contribution in [0.2, 0.25) is 0 Å². The molecule has 1 N–H and O–H groups in total. The van der Waals surface area contributed by atoms with Crippen LogP contribution in [0.1, 0.15) is 18.4 Å². The Morgan fingerprint density at radius 2 is 1.67 bits per heavy atom. The molecule has 3 rings (SSSR count). The normalized spacial score (nSPS) is 13.9. The maximum atomic E-state index is 13.1. The largest absolute Gasteiger partial charge is 0.325 e. The number of amides is 3. The summed E-state index contributed by atoms with van der Waals surface area (Å²) in [6, 6.07) is 10.3. The Balaban J connectivity index is 1.51. The number of anilines is 1. The lowest BCUT2D eigenvalue weighted by molar-refractivity contribution is -0.139. The number of nitrogens with one attached hydrogen (secondary N) is 1. The zero-order valence-electron chi connectivity index (χ0n) is 14.2. The van der Waals surface area contributed by atoms with Gasteiger partial charge in [0.25, 0.3) is 0 Å². The summed E-state index contributed by atoms with van der Waals surface area (Å²) >= 11 is 1.10. The highest BCUT2D eigenvalue weighted by Crippen LogP contribution is 2.21. The predicted molar refractivity (Wildman–Crippen MR) is 96.9 cm³/mol. The van der Waals surface area contributed by atoms with Gasteiger partial charge in [0.1, 0.15) is 0 Å². The molecule has 2 aromatic carbocycles. The second-order valence-electron chi connectivity index (χ2n) is 5.98. The fraction of sp³-hybridized carbons (Fsp3) is 0.211. The number of imide groups is 1. The Labute approximate surface area is 158 Å². The summed E-state index contributed by atoms with van der Waals surface area (Å²) in [6.45, 7) is 0.220. The van der Waals surface area contributed by atoms with Crippen molar-refractivity contribution in [1.82, 2.24) is 4.90 Å². The van der Waals surface area contributed by atoms with Crippen molar-refractivity contribution in [2.45, 2.75) is 24.3 Å². The van der Waals surface area contributed by atoms with Gasteiger partial charge >= 0.3 is 0 Å². The van der Waals surface area contributed by atoms with Crippen LogP contribution in [0.3, 0.4) is 0 Å². The number of rotatable bonds is 6. The molecule has 1 aliphatic rings. The minimum atomic E-state index is -0.953. The first-order valence-electron chi connectivity index (χ1n) is 8.22. The highest BCUT2D eigenvalue weighted by atomic mass is 32.2. The Morgan fingerprint density at radius 1 is 1.00 bits per heavy atom. The lowest BCUT2D eigenvalue weighted by atomic mass is 10.2. The van der Waals surface area contributed by atoms with Gasteiger partial charge in [0.15, 0.2) is 11.6 Å². The fourth-order valence-corrected chi connectivity index (χ4v) is 3.31. The van der Waals surface area contributed by atoms with E-state index in [0.29, 0.717) is 10.6 Å². The number of likely N-dealkylation sites (tertiary alicyclic amines) is 1. The molecule has 0 spiro atoms. The van der Waals surface area contributed by atoms with Gasteiger partial charge in [-0.15, -0.1) is 11.8 Å². The summed E-state index contributed by atoms with van der Waals surface area (Å²) in [5, 5.41) is 2.70. The molecule has 5 nitrogen and oxygen atoms in total. The van der Waals surface area contributed by atoms with E-state index in [4.69, 9.17) is 0 Å². The van der Waals surface area contributed by atoms with Crippen LogP contribution in [0, 0.1) is 11.6 Å². The van der Waals surface area contributed by atoms with Gasteiger partial charge in [-0.3, -0.25) is 19.3 Å².